The van der Waals surface area contributed by atoms with E-state index in [1.165, 1.54) is 21.8 Å². The van der Waals surface area contributed by atoms with Gasteiger partial charge in [-0.05, 0) is 102 Å². The summed E-state index contributed by atoms with van der Waals surface area (Å²) in [5.74, 6) is 0.953. The molecule has 1 aliphatic heterocycles. The second-order valence-electron chi connectivity index (χ2n) is 16.1. The maximum absolute atomic E-state index is 6.61. The van der Waals surface area contributed by atoms with Crippen LogP contribution in [0.1, 0.15) is 42.5 Å². The van der Waals surface area contributed by atoms with Gasteiger partial charge in [-0.25, -0.2) is 4.99 Å². The zero-order valence-electron chi connectivity index (χ0n) is 33.0. The summed E-state index contributed by atoms with van der Waals surface area (Å²) in [7, 11) is 0. The third-order valence-electron chi connectivity index (χ3n) is 12.5. The first kappa shape index (κ1) is 34.5. The summed E-state index contributed by atoms with van der Waals surface area (Å²) in [5, 5.41) is 6.76. The van der Waals surface area contributed by atoms with Gasteiger partial charge in [0.15, 0.2) is 5.84 Å². The Morgan fingerprint density at radius 2 is 1.17 bits per heavy atom. The Morgan fingerprint density at radius 1 is 0.500 bits per heavy atom. The molecule has 0 spiro atoms. The summed E-state index contributed by atoms with van der Waals surface area (Å²) in [5.41, 5.74) is 13.5. The van der Waals surface area contributed by atoms with Crippen LogP contribution in [0.5, 0.6) is 0 Å². The van der Waals surface area contributed by atoms with E-state index in [0.717, 1.165) is 95.9 Å². The highest BCUT2D eigenvalue weighted by Crippen LogP contribution is 2.41. The molecule has 5 nitrogen and oxygen atoms in total. The molecule has 60 heavy (non-hydrogen) atoms. The van der Waals surface area contributed by atoms with Gasteiger partial charge >= 0.3 is 0 Å². The Bertz CT molecular complexity index is 3510. The van der Waals surface area contributed by atoms with Crippen molar-refractivity contribution in [1.29, 1.82) is 0 Å². The number of rotatable bonds is 5. The van der Waals surface area contributed by atoms with Crippen LogP contribution in [0.2, 0.25) is 0 Å². The number of para-hydroxylation sites is 3. The average Bonchev–Trinajstić information content (AvgIpc) is 3.97. The van der Waals surface area contributed by atoms with E-state index >= 15 is 0 Å². The molecule has 2 unspecified atom stereocenters. The van der Waals surface area contributed by atoms with Crippen LogP contribution in [-0.4, -0.2) is 16.1 Å². The molecule has 2 atom stereocenters. The molecule has 0 fully saturated rings. The number of amidine groups is 1. The zero-order valence-corrected chi connectivity index (χ0v) is 33.0. The molecule has 11 aromatic rings. The van der Waals surface area contributed by atoms with Crippen molar-refractivity contribution in [2.24, 2.45) is 15.9 Å². The van der Waals surface area contributed by atoms with E-state index in [1.807, 2.05) is 12.1 Å². The van der Waals surface area contributed by atoms with Crippen molar-refractivity contribution in [3.8, 4) is 16.8 Å². The normalized spacial score (nSPS) is 17.9. The van der Waals surface area contributed by atoms with E-state index < -0.39 is 0 Å². The molecule has 12 rings (SSSR count). The molecule has 0 radical (unpaired) electrons. The van der Waals surface area contributed by atoms with Crippen LogP contribution in [0.3, 0.4) is 0 Å². The monoisotopic (exact) mass is 773 g/mol. The van der Waals surface area contributed by atoms with Crippen LogP contribution in [0.15, 0.2) is 201 Å². The molecule has 4 heterocycles. The van der Waals surface area contributed by atoms with E-state index in [0.29, 0.717) is 5.84 Å². The van der Waals surface area contributed by atoms with Crippen LogP contribution >= 0.6 is 0 Å². The number of nitrogens with zero attached hydrogens (tertiary/aromatic N) is 3. The van der Waals surface area contributed by atoms with Crippen molar-refractivity contribution in [2.75, 3.05) is 0 Å². The zero-order chi connectivity index (χ0) is 39.7. The van der Waals surface area contributed by atoms with Crippen molar-refractivity contribution in [3.63, 3.8) is 0 Å². The van der Waals surface area contributed by atoms with Gasteiger partial charge in [0.1, 0.15) is 22.3 Å². The van der Waals surface area contributed by atoms with Crippen LogP contribution in [0.25, 0.3) is 82.5 Å². The fourth-order valence-corrected chi connectivity index (χ4v) is 9.49. The highest BCUT2D eigenvalue weighted by Gasteiger charge is 2.26. The lowest BCUT2D eigenvalue weighted by Crippen LogP contribution is -2.18. The topological polar surface area (TPSA) is 55.9 Å². The van der Waals surface area contributed by atoms with E-state index in [9.17, 15) is 0 Å². The summed E-state index contributed by atoms with van der Waals surface area (Å²) in [6.45, 7) is 2.32. The average molecular weight is 774 g/mol. The van der Waals surface area contributed by atoms with Crippen LogP contribution in [-0.2, 0) is 0 Å². The highest BCUT2D eigenvalue weighted by molar-refractivity contribution is 6.22. The predicted octanol–water partition coefficient (Wildman–Crippen LogP) is 14.7. The number of hydrogen-bond donors (Lipinski definition) is 0. The molecule has 1 aliphatic rings. The molecule has 0 saturated carbocycles. The van der Waals surface area contributed by atoms with E-state index in [4.69, 9.17) is 18.8 Å². The van der Waals surface area contributed by atoms with Crippen LogP contribution in [0, 0.1) is 5.92 Å². The fraction of sp³-hybridized carbons (Fsp3) is 0.0909. The number of fused-ring (bicyclic) bond motifs is 9. The van der Waals surface area contributed by atoms with Crippen molar-refractivity contribution >= 4 is 77.2 Å². The number of aromatic nitrogens is 1. The largest absolute Gasteiger partial charge is 0.456 e. The Morgan fingerprint density at radius 3 is 2.03 bits per heavy atom. The minimum Gasteiger partial charge on any atom is -0.456 e. The Hall–Kier alpha value is -7.50. The Balaban J connectivity index is 1.04. The van der Waals surface area contributed by atoms with Gasteiger partial charge in [0, 0.05) is 43.6 Å². The van der Waals surface area contributed by atoms with Gasteiger partial charge in [-0.2, -0.15) is 0 Å². The summed E-state index contributed by atoms with van der Waals surface area (Å²) >= 11 is 0. The summed E-state index contributed by atoms with van der Waals surface area (Å²) in [4.78, 5) is 11.1. The maximum atomic E-state index is 6.61. The molecule has 0 bridgehead atoms. The first-order chi connectivity index (χ1) is 29.6. The van der Waals surface area contributed by atoms with Gasteiger partial charge in [-0.1, -0.05) is 128 Å². The van der Waals surface area contributed by atoms with Crippen molar-refractivity contribution in [2.45, 2.75) is 25.8 Å². The lowest BCUT2D eigenvalue weighted by molar-refractivity contribution is 0.446. The minimum absolute atomic E-state index is 0.132. The lowest BCUT2D eigenvalue weighted by Gasteiger charge is -2.25. The molecule has 0 amide bonds. The molecule has 286 valence electrons. The van der Waals surface area contributed by atoms with Gasteiger partial charge in [0.05, 0.1) is 22.8 Å². The first-order valence-corrected chi connectivity index (χ1v) is 20.8. The maximum Gasteiger partial charge on any atom is 0.156 e. The summed E-state index contributed by atoms with van der Waals surface area (Å²) in [6, 6.07) is 64.2. The Kier molecular flexibility index (Phi) is 7.95. The highest BCUT2D eigenvalue weighted by atomic mass is 16.3. The van der Waals surface area contributed by atoms with Gasteiger partial charge < -0.3 is 13.4 Å². The number of aliphatic imine (C=N–C) groups is 2. The van der Waals surface area contributed by atoms with E-state index in [1.54, 1.807) is 0 Å². The van der Waals surface area contributed by atoms with Crippen molar-refractivity contribution in [3.05, 3.63) is 199 Å². The second kappa shape index (κ2) is 13.8. The summed E-state index contributed by atoms with van der Waals surface area (Å²) in [6.07, 6.45) is 1.78. The standard InChI is InChI=1S/C55H39N3O2/c1-34-23-28-46(35-13-4-2-5-14-35)56-55(57-54(34)38-24-27-42-41-18-9-11-21-49(41)60-52(42)33-38)43-19-12-22-51-53(43)45-32-37(26-30-50(45)59-51)36-25-29-48-44(31-36)40-17-8-10-20-47(40)58(48)39-15-6-3-7-16-39/h2-22,24-27,29-34,54H,23,28H2,1H3/b56-46+,57-55-. The number of benzene rings is 8. The smallest absolute Gasteiger partial charge is 0.156 e. The predicted molar refractivity (Wildman–Crippen MR) is 248 cm³/mol. The third kappa shape index (κ3) is 5.61. The molecule has 0 saturated heterocycles. The van der Waals surface area contributed by atoms with Gasteiger partial charge in [-0.15, -0.1) is 0 Å². The van der Waals surface area contributed by atoms with Crippen molar-refractivity contribution < 1.29 is 8.83 Å². The number of hydrogen-bond acceptors (Lipinski definition) is 4. The summed E-state index contributed by atoms with van der Waals surface area (Å²) < 4.78 is 15.4. The lowest BCUT2D eigenvalue weighted by atomic mass is 9.88. The second-order valence-corrected chi connectivity index (χ2v) is 16.1. The van der Waals surface area contributed by atoms with Crippen molar-refractivity contribution in [1.82, 2.24) is 4.57 Å². The molecule has 0 aliphatic carbocycles. The quantitative estimate of drug-likeness (QED) is 0.175. The Labute approximate surface area is 346 Å². The molecule has 0 N–H and O–H groups in total. The van der Waals surface area contributed by atoms with Gasteiger partial charge in [0.25, 0.3) is 0 Å². The molecular formula is C55H39N3O2. The third-order valence-corrected chi connectivity index (χ3v) is 12.5. The molecule has 5 heteroatoms. The molecule has 3 aromatic heterocycles. The van der Waals surface area contributed by atoms with Crippen LogP contribution < -0.4 is 0 Å². The minimum atomic E-state index is -0.132. The van der Waals surface area contributed by atoms with E-state index in [-0.39, 0.29) is 12.0 Å². The first-order valence-electron chi connectivity index (χ1n) is 20.8. The number of furan rings is 2. The molecular weight excluding hydrogens is 735 g/mol. The van der Waals surface area contributed by atoms with Crippen LogP contribution in [0.4, 0.5) is 0 Å². The molecule has 8 aromatic carbocycles. The SMILES string of the molecule is CC1CC/C(c2ccccc2)=N\C(c2cccc3oc4ccc(-c5ccc6c(c5)c5ccccc5n6-c5ccccc5)cc4c23)=N/C1c1ccc2c(c1)oc1ccccc12. The van der Waals surface area contributed by atoms with Gasteiger partial charge in [0.2, 0.25) is 0 Å². The fourth-order valence-electron chi connectivity index (χ4n) is 9.49. The van der Waals surface area contributed by atoms with Gasteiger partial charge in [-0.3, -0.25) is 4.99 Å². The van der Waals surface area contributed by atoms with E-state index in [2.05, 4.69) is 181 Å².